The third-order valence-corrected chi connectivity index (χ3v) is 6.78. The van der Waals surface area contributed by atoms with Gasteiger partial charge < -0.3 is 18.9 Å². The number of unbranched alkanes of at least 4 members (excludes halogenated alkanes) is 1. The first-order valence-corrected chi connectivity index (χ1v) is 11.7. The summed E-state index contributed by atoms with van der Waals surface area (Å²) in [6, 6.07) is 0. The molecule has 0 atom stereocenters. The predicted molar refractivity (Wildman–Crippen MR) is 107 cm³/mol. The first-order chi connectivity index (χ1) is 13.3. The van der Waals surface area contributed by atoms with Gasteiger partial charge in [0.15, 0.2) is 12.6 Å². The van der Waals surface area contributed by atoms with E-state index in [1.165, 1.54) is 57.8 Å². The molecule has 0 aromatic rings. The number of ether oxygens (including phenoxy) is 4. The SMILES string of the molecule is CCCCC1CCC([C@H]2OC[C@H](CC[C@H]3OC[C@H](CCC)CO3)CO2)CC1. The Morgan fingerprint density at radius 3 is 1.85 bits per heavy atom. The molecular formula is C23H42O4. The van der Waals surface area contributed by atoms with Crippen LogP contribution < -0.4 is 0 Å². The lowest BCUT2D eigenvalue weighted by Gasteiger charge is -2.38. The van der Waals surface area contributed by atoms with Crippen LogP contribution in [-0.4, -0.2) is 39.0 Å². The van der Waals surface area contributed by atoms with Gasteiger partial charge in [0.1, 0.15) is 0 Å². The third-order valence-electron chi connectivity index (χ3n) is 6.78. The molecule has 0 spiro atoms. The van der Waals surface area contributed by atoms with Gasteiger partial charge in [-0.3, -0.25) is 0 Å². The quantitative estimate of drug-likeness (QED) is 0.524. The molecule has 158 valence electrons. The van der Waals surface area contributed by atoms with Gasteiger partial charge in [0.2, 0.25) is 0 Å². The molecule has 2 saturated heterocycles. The van der Waals surface area contributed by atoms with Crippen LogP contribution in [0.3, 0.4) is 0 Å². The number of hydrogen-bond donors (Lipinski definition) is 0. The van der Waals surface area contributed by atoms with Gasteiger partial charge in [-0.2, -0.15) is 0 Å². The fourth-order valence-corrected chi connectivity index (χ4v) is 4.94. The zero-order chi connectivity index (χ0) is 18.9. The normalized spacial score (nSPS) is 38.0. The van der Waals surface area contributed by atoms with Crippen molar-refractivity contribution in [3.63, 3.8) is 0 Å². The highest BCUT2D eigenvalue weighted by atomic mass is 16.7. The topological polar surface area (TPSA) is 36.9 Å². The highest BCUT2D eigenvalue weighted by Gasteiger charge is 2.32. The average molecular weight is 383 g/mol. The van der Waals surface area contributed by atoms with E-state index in [4.69, 9.17) is 18.9 Å². The molecule has 4 nitrogen and oxygen atoms in total. The molecule has 0 N–H and O–H groups in total. The molecule has 0 amide bonds. The molecule has 0 aromatic carbocycles. The molecule has 0 bridgehead atoms. The van der Waals surface area contributed by atoms with Gasteiger partial charge >= 0.3 is 0 Å². The van der Waals surface area contributed by atoms with Crippen LogP contribution >= 0.6 is 0 Å². The molecule has 3 rings (SSSR count). The lowest BCUT2D eigenvalue weighted by atomic mass is 9.79. The molecule has 0 unspecified atom stereocenters. The van der Waals surface area contributed by atoms with E-state index >= 15 is 0 Å². The van der Waals surface area contributed by atoms with Crippen molar-refractivity contribution in [2.75, 3.05) is 26.4 Å². The first kappa shape index (κ1) is 21.5. The largest absolute Gasteiger partial charge is 0.352 e. The van der Waals surface area contributed by atoms with Crippen LogP contribution in [0.4, 0.5) is 0 Å². The van der Waals surface area contributed by atoms with Crippen molar-refractivity contribution in [2.45, 2.75) is 97.1 Å². The van der Waals surface area contributed by atoms with Crippen LogP contribution in [-0.2, 0) is 18.9 Å². The molecule has 3 fully saturated rings. The Balaban J connectivity index is 1.26. The van der Waals surface area contributed by atoms with Crippen molar-refractivity contribution in [2.24, 2.45) is 23.7 Å². The van der Waals surface area contributed by atoms with Crippen LogP contribution in [0, 0.1) is 23.7 Å². The summed E-state index contributed by atoms with van der Waals surface area (Å²) in [5.74, 6) is 2.64. The fraction of sp³-hybridized carbons (Fsp3) is 1.00. The Labute approximate surface area is 166 Å². The van der Waals surface area contributed by atoms with Crippen molar-refractivity contribution in [3.05, 3.63) is 0 Å². The predicted octanol–water partition coefficient (Wildman–Crippen LogP) is 5.54. The maximum absolute atomic E-state index is 6.13. The highest BCUT2D eigenvalue weighted by Crippen LogP contribution is 2.36. The van der Waals surface area contributed by atoms with E-state index in [9.17, 15) is 0 Å². The summed E-state index contributed by atoms with van der Waals surface area (Å²) in [5.41, 5.74) is 0. The summed E-state index contributed by atoms with van der Waals surface area (Å²) in [6.07, 6.45) is 13.9. The zero-order valence-corrected chi connectivity index (χ0v) is 17.7. The molecule has 1 saturated carbocycles. The molecular weight excluding hydrogens is 340 g/mol. The molecule has 1 aliphatic carbocycles. The molecule has 3 aliphatic rings. The Hall–Kier alpha value is -0.160. The lowest BCUT2D eigenvalue weighted by molar-refractivity contribution is -0.236. The maximum Gasteiger partial charge on any atom is 0.160 e. The Morgan fingerprint density at radius 2 is 1.22 bits per heavy atom. The van der Waals surface area contributed by atoms with Gasteiger partial charge in [-0.05, 0) is 50.9 Å². The van der Waals surface area contributed by atoms with Crippen LogP contribution in [0.5, 0.6) is 0 Å². The van der Waals surface area contributed by atoms with E-state index in [1.54, 1.807) is 0 Å². The standard InChI is InChI=1S/C23H42O4/c1-3-5-7-18-8-11-21(12-9-18)23-26-16-20(17-27-23)10-13-22-24-14-19(6-4-2)15-25-22/h18-23H,3-17H2,1-2H3/t18?,19-,20-,21?,22-,23-. The monoisotopic (exact) mass is 382 g/mol. The van der Waals surface area contributed by atoms with Gasteiger partial charge in [0.25, 0.3) is 0 Å². The van der Waals surface area contributed by atoms with Gasteiger partial charge in [0, 0.05) is 17.8 Å². The minimum absolute atomic E-state index is 0.0192. The second kappa shape index (κ2) is 11.7. The minimum Gasteiger partial charge on any atom is -0.352 e. The summed E-state index contributed by atoms with van der Waals surface area (Å²) in [6.45, 7) is 7.91. The van der Waals surface area contributed by atoms with Crippen molar-refractivity contribution in [1.82, 2.24) is 0 Å². The van der Waals surface area contributed by atoms with Crippen LogP contribution in [0.25, 0.3) is 0 Å². The highest BCUT2D eigenvalue weighted by molar-refractivity contribution is 4.77. The minimum atomic E-state index is -0.0192. The van der Waals surface area contributed by atoms with E-state index in [1.807, 2.05) is 0 Å². The second-order valence-corrected chi connectivity index (χ2v) is 9.15. The lowest BCUT2D eigenvalue weighted by Crippen LogP contribution is -2.39. The zero-order valence-electron chi connectivity index (χ0n) is 17.7. The molecule has 0 aromatic heterocycles. The molecule has 4 heteroatoms. The van der Waals surface area contributed by atoms with E-state index in [2.05, 4.69) is 13.8 Å². The summed E-state index contributed by atoms with van der Waals surface area (Å²) >= 11 is 0. The van der Waals surface area contributed by atoms with Crippen molar-refractivity contribution in [3.8, 4) is 0 Å². The van der Waals surface area contributed by atoms with E-state index < -0.39 is 0 Å². The second-order valence-electron chi connectivity index (χ2n) is 9.15. The van der Waals surface area contributed by atoms with E-state index in [0.29, 0.717) is 17.8 Å². The Kier molecular flexibility index (Phi) is 9.37. The van der Waals surface area contributed by atoms with Gasteiger partial charge in [-0.1, -0.05) is 39.5 Å². The first-order valence-electron chi connectivity index (χ1n) is 11.7. The summed E-state index contributed by atoms with van der Waals surface area (Å²) in [7, 11) is 0. The third kappa shape index (κ3) is 6.99. The van der Waals surface area contributed by atoms with E-state index in [0.717, 1.165) is 45.2 Å². The molecule has 2 heterocycles. The molecule has 27 heavy (non-hydrogen) atoms. The average Bonchev–Trinajstić information content (AvgIpc) is 2.73. The Morgan fingerprint density at radius 1 is 0.593 bits per heavy atom. The van der Waals surface area contributed by atoms with Crippen molar-refractivity contribution in [1.29, 1.82) is 0 Å². The van der Waals surface area contributed by atoms with Gasteiger partial charge in [-0.15, -0.1) is 0 Å². The maximum atomic E-state index is 6.13. The summed E-state index contributed by atoms with van der Waals surface area (Å²) in [5, 5.41) is 0. The van der Waals surface area contributed by atoms with Crippen LogP contribution in [0.2, 0.25) is 0 Å². The summed E-state index contributed by atoms with van der Waals surface area (Å²) in [4.78, 5) is 0. The number of rotatable bonds is 9. The van der Waals surface area contributed by atoms with Crippen molar-refractivity contribution < 1.29 is 18.9 Å². The van der Waals surface area contributed by atoms with Gasteiger partial charge in [-0.25, -0.2) is 0 Å². The summed E-state index contributed by atoms with van der Waals surface area (Å²) < 4.78 is 24.0. The molecule has 2 aliphatic heterocycles. The smallest absolute Gasteiger partial charge is 0.160 e. The van der Waals surface area contributed by atoms with Gasteiger partial charge in [0.05, 0.1) is 26.4 Å². The Bertz CT molecular complexity index is 378. The molecule has 0 radical (unpaired) electrons. The van der Waals surface area contributed by atoms with Crippen molar-refractivity contribution >= 4 is 0 Å². The van der Waals surface area contributed by atoms with Crippen LogP contribution in [0.15, 0.2) is 0 Å². The fourth-order valence-electron chi connectivity index (χ4n) is 4.94. The van der Waals surface area contributed by atoms with E-state index in [-0.39, 0.29) is 12.6 Å². The number of hydrogen-bond acceptors (Lipinski definition) is 4. The van der Waals surface area contributed by atoms with Crippen LogP contribution in [0.1, 0.15) is 84.5 Å².